The van der Waals surface area contributed by atoms with Gasteiger partial charge in [-0.05, 0) is 53.2 Å². The summed E-state index contributed by atoms with van der Waals surface area (Å²) < 4.78 is 4.98. The highest BCUT2D eigenvalue weighted by atomic mass is 35.5. The van der Waals surface area contributed by atoms with Crippen LogP contribution in [0.15, 0.2) is 41.3 Å². The molecule has 2 amide bonds. The van der Waals surface area contributed by atoms with Gasteiger partial charge in [0.25, 0.3) is 11.1 Å². The number of amides is 2. The molecule has 0 spiro atoms. The second-order valence-electron chi connectivity index (χ2n) is 5.45. The van der Waals surface area contributed by atoms with E-state index in [2.05, 4.69) is 0 Å². The first kappa shape index (κ1) is 18.6. The molecule has 1 fully saturated rings. The maximum atomic E-state index is 12.6. The number of rotatable bonds is 4. The van der Waals surface area contributed by atoms with Gasteiger partial charge in [-0.15, -0.1) is 0 Å². The number of hydrogen-bond acceptors (Lipinski definition) is 5. The minimum absolute atomic E-state index is 0.0451. The number of thioether (sulfide) groups is 1. The lowest BCUT2D eigenvalue weighted by atomic mass is 10.1. The number of ether oxygens (including phenoxy) is 1. The van der Waals surface area contributed by atoms with Crippen molar-refractivity contribution in [1.82, 2.24) is 4.90 Å². The molecule has 3 rings (SSSR count). The molecule has 1 N–H and O–H groups in total. The predicted molar refractivity (Wildman–Crippen MR) is 103 cm³/mol. The molecule has 1 aliphatic heterocycles. The van der Waals surface area contributed by atoms with Crippen molar-refractivity contribution >= 4 is 52.2 Å². The quantitative estimate of drug-likeness (QED) is 0.723. The number of carbonyl (C=O) groups excluding carboxylic acids is 2. The Morgan fingerprint density at radius 2 is 1.92 bits per heavy atom. The van der Waals surface area contributed by atoms with Crippen LogP contribution < -0.4 is 4.74 Å². The second-order valence-corrected chi connectivity index (χ2v) is 7.26. The van der Waals surface area contributed by atoms with Crippen molar-refractivity contribution in [2.45, 2.75) is 6.54 Å². The molecule has 8 heteroatoms. The summed E-state index contributed by atoms with van der Waals surface area (Å²) in [5, 5.41) is 10.2. The van der Waals surface area contributed by atoms with E-state index in [0.717, 1.165) is 16.7 Å². The van der Waals surface area contributed by atoms with Gasteiger partial charge >= 0.3 is 0 Å². The minimum atomic E-state index is -0.401. The fourth-order valence-electron chi connectivity index (χ4n) is 2.41. The van der Waals surface area contributed by atoms with E-state index < -0.39 is 5.91 Å². The molecular weight excluding hydrogens is 397 g/mol. The Bertz CT molecular complexity index is 929. The third-order valence-corrected chi connectivity index (χ3v) is 5.35. The Kier molecular flexibility index (Phi) is 5.46. The van der Waals surface area contributed by atoms with Crippen LogP contribution >= 0.6 is 35.0 Å². The Morgan fingerprint density at radius 1 is 1.15 bits per heavy atom. The highest BCUT2D eigenvalue weighted by Crippen LogP contribution is 2.35. The fourth-order valence-corrected chi connectivity index (χ4v) is 3.56. The van der Waals surface area contributed by atoms with Crippen molar-refractivity contribution in [3.05, 3.63) is 62.5 Å². The molecule has 0 radical (unpaired) electrons. The Balaban J connectivity index is 1.82. The van der Waals surface area contributed by atoms with Gasteiger partial charge in [-0.2, -0.15) is 0 Å². The third kappa shape index (κ3) is 3.82. The molecule has 0 atom stereocenters. The van der Waals surface area contributed by atoms with E-state index in [1.807, 2.05) is 0 Å². The van der Waals surface area contributed by atoms with E-state index in [9.17, 15) is 14.7 Å². The standard InChI is InChI=1S/C18H13Cl2NO4S/c1-25-15-5-3-10(7-14(15)22)8-16-17(23)21(18(24)26-16)9-11-2-4-12(19)13(20)6-11/h2-8,22H,9H2,1H3/b16-8+. The number of aromatic hydroxyl groups is 1. The van der Waals surface area contributed by atoms with Gasteiger partial charge in [-0.3, -0.25) is 14.5 Å². The molecular formula is C18H13Cl2NO4S. The van der Waals surface area contributed by atoms with Crippen molar-refractivity contribution in [3.8, 4) is 11.5 Å². The zero-order chi connectivity index (χ0) is 18.8. The van der Waals surface area contributed by atoms with Crippen LogP contribution in [-0.4, -0.2) is 28.3 Å². The number of nitrogens with zero attached hydrogens (tertiary/aromatic N) is 1. The number of benzene rings is 2. The van der Waals surface area contributed by atoms with Gasteiger partial charge in [0.15, 0.2) is 11.5 Å². The summed E-state index contributed by atoms with van der Waals surface area (Å²) in [6, 6.07) is 9.69. The average Bonchev–Trinajstić information content (AvgIpc) is 2.86. The summed E-state index contributed by atoms with van der Waals surface area (Å²) in [5.41, 5.74) is 1.29. The zero-order valence-corrected chi connectivity index (χ0v) is 15.9. The first-order chi connectivity index (χ1) is 12.4. The second kappa shape index (κ2) is 7.61. The zero-order valence-electron chi connectivity index (χ0n) is 13.5. The predicted octanol–water partition coefficient (Wildman–Crippen LogP) is 4.94. The number of imide groups is 1. The molecule has 0 aromatic heterocycles. The van der Waals surface area contributed by atoms with Gasteiger partial charge in [0.1, 0.15) is 0 Å². The van der Waals surface area contributed by atoms with Gasteiger partial charge in [0, 0.05) is 0 Å². The maximum absolute atomic E-state index is 12.6. The first-order valence-electron chi connectivity index (χ1n) is 7.45. The van der Waals surface area contributed by atoms with Gasteiger partial charge < -0.3 is 9.84 Å². The molecule has 2 aromatic carbocycles. The SMILES string of the molecule is COc1ccc(/C=C2/SC(=O)N(Cc3ccc(Cl)c(Cl)c3)C2=O)cc1O. The van der Waals surface area contributed by atoms with E-state index in [4.69, 9.17) is 27.9 Å². The highest BCUT2D eigenvalue weighted by molar-refractivity contribution is 8.18. The van der Waals surface area contributed by atoms with E-state index in [0.29, 0.717) is 26.9 Å². The van der Waals surface area contributed by atoms with Crippen molar-refractivity contribution in [3.63, 3.8) is 0 Å². The van der Waals surface area contributed by atoms with Crippen LogP contribution in [0.3, 0.4) is 0 Å². The van der Waals surface area contributed by atoms with E-state index >= 15 is 0 Å². The normalized spacial score (nSPS) is 15.8. The molecule has 0 aliphatic carbocycles. The smallest absolute Gasteiger partial charge is 0.293 e. The molecule has 2 aromatic rings. The van der Waals surface area contributed by atoms with Crippen LogP contribution in [0.4, 0.5) is 4.79 Å². The Morgan fingerprint density at radius 3 is 2.58 bits per heavy atom. The van der Waals surface area contributed by atoms with Crippen LogP contribution in [-0.2, 0) is 11.3 Å². The molecule has 26 heavy (non-hydrogen) atoms. The van der Waals surface area contributed by atoms with Gasteiger partial charge in [-0.25, -0.2) is 0 Å². The van der Waals surface area contributed by atoms with Crippen LogP contribution in [0, 0.1) is 0 Å². The van der Waals surface area contributed by atoms with Crippen molar-refractivity contribution in [2.75, 3.05) is 7.11 Å². The van der Waals surface area contributed by atoms with E-state index in [1.54, 1.807) is 36.4 Å². The molecule has 0 bridgehead atoms. The van der Waals surface area contributed by atoms with Crippen LogP contribution in [0.1, 0.15) is 11.1 Å². The van der Waals surface area contributed by atoms with Crippen LogP contribution in [0.2, 0.25) is 10.0 Å². The monoisotopic (exact) mass is 409 g/mol. The van der Waals surface area contributed by atoms with Crippen molar-refractivity contribution in [2.24, 2.45) is 0 Å². The molecule has 0 unspecified atom stereocenters. The van der Waals surface area contributed by atoms with Gasteiger partial charge in [-0.1, -0.05) is 35.3 Å². The summed E-state index contributed by atoms with van der Waals surface area (Å²) >= 11 is 12.7. The summed E-state index contributed by atoms with van der Waals surface area (Å²) in [7, 11) is 1.45. The molecule has 1 aliphatic rings. The van der Waals surface area contributed by atoms with Crippen molar-refractivity contribution in [1.29, 1.82) is 0 Å². The maximum Gasteiger partial charge on any atom is 0.293 e. The van der Waals surface area contributed by atoms with Gasteiger partial charge in [0.05, 0.1) is 28.6 Å². The summed E-state index contributed by atoms with van der Waals surface area (Å²) in [6.07, 6.45) is 1.55. The van der Waals surface area contributed by atoms with Crippen LogP contribution in [0.5, 0.6) is 11.5 Å². The number of halogens is 2. The lowest BCUT2D eigenvalue weighted by molar-refractivity contribution is -0.123. The largest absolute Gasteiger partial charge is 0.504 e. The van der Waals surface area contributed by atoms with Crippen LogP contribution in [0.25, 0.3) is 6.08 Å². The average molecular weight is 410 g/mol. The lowest BCUT2D eigenvalue weighted by Gasteiger charge is -2.12. The Labute approximate surface area is 164 Å². The molecule has 1 saturated heterocycles. The summed E-state index contributed by atoms with van der Waals surface area (Å²) in [5.74, 6) is -0.118. The number of carbonyl (C=O) groups is 2. The third-order valence-electron chi connectivity index (χ3n) is 3.70. The summed E-state index contributed by atoms with van der Waals surface area (Å²) in [6.45, 7) is 0.104. The highest BCUT2D eigenvalue weighted by Gasteiger charge is 2.35. The van der Waals surface area contributed by atoms with Gasteiger partial charge in [0.2, 0.25) is 0 Å². The summed E-state index contributed by atoms with van der Waals surface area (Å²) in [4.78, 5) is 26.2. The lowest BCUT2D eigenvalue weighted by Crippen LogP contribution is -2.27. The number of phenols is 1. The topological polar surface area (TPSA) is 66.8 Å². The Hall–Kier alpha value is -2.15. The number of phenolic OH excluding ortho intramolecular Hbond substituents is 1. The van der Waals surface area contributed by atoms with E-state index in [-0.39, 0.29) is 22.4 Å². The minimum Gasteiger partial charge on any atom is -0.504 e. The first-order valence-corrected chi connectivity index (χ1v) is 9.02. The molecule has 5 nitrogen and oxygen atoms in total. The number of hydrogen-bond donors (Lipinski definition) is 1. The number of methoxy groups -OCH3 is 1. The molecule has 0 saturated carbocycles. The van der Waals surface area contributed by atoms with Crippen molar-refractivity contribution < 1.29 is 19.4 Å². The molecule has 134 valence electrons. The van der Waals surface area contributed by atoms with E-state index in [1.165, 1.54) is 13.2 Å². The molecule has 1 heterocycles. The fraction of sp³-hybridized carbons (Fsp3) is 0.111.